The third-order valence-corrected chi connectivity index (χ3v) is 4.60. The third-order valence-electron chi connectivity index (χ3n) is 3.32. The number of hydrazone groups is 1. The molecule has 0 radical (unpaired) electrons. The minimum Gasteiger partial charge on any atom is -0.508 e. The summed E-state index contributed by atoms with van der Waals surface area (Å²) in [6, 6.07) is 18.6. The smallest absolute Gasteiger partial charge is 0.277 e. The number of nitrogens with zero attached hydrogens (tertiary/aromatic N) is 1. The molecule has 3 rings (SSSR count). The topological polar surface area (TPSA) is 78.8 Å². The van der Waals surface area contributed by atoms with Gasteiger partial charge in [-0.15, -0.1) is 0 Å². The van der Waals surface area contributed by atoms with Crippen molar-refractivity contribution >= 4 is 27.0 Å². The van der Waals surface area contributed by atoms with Crippen LogP contribution < -0.4 is 4.83 Å². The highest BCUT2D eigenvalue weighted by atomic mass is 32.2. The van der Waals surface area contributed by atoms with Crippen LogP contribution in [0.1, 0.15) is 5.56 Å². The van der Waals surface area contributed by atoms with Gasteiger partial charge in [-0.05, 0) is 41.3 Å². The summed E-state index contributed by atoms with van der Waals surface area (Å²) in [6.45, 7) is 0. The molecule has 2 N–H and O–H groups in total. The van der Waals surface area contributed by atoms with Gasteiger partial charge in [0.25, 0.3) is 10.0 Å². The van der Waals surface area contributed by atoms with Crippen molar-refractivity contribution in [3.63, 3.8) is 0 Å². The Balaban J connectivity index is 1.88. The van der Waals surface area contributed by atoms with Crippen LogP contribution in [0.5, 0.6) is 5.75 Å². The Kier molecular flexibility index (Phi) is 3.99. The average Bonchev–Trinajstić information content (AvgIpc) is 2.56. The van der Waals surface area contributed by atoms with Gasteiger partial charge >= 0.3 is 0 Å². The molecule has 0 aliphatic heterocycles. The van der Waals surface area contributed by atoms with Crippen molar-refractivity contribution in [3.05, 3.63) is 72.3 Å². The SMILES string of the molecule is O=S(=O)(N/N=C\c1ccc(O)cc1)c1cccc2ccccc12. The summed E-state index contributed by atoms with van der Waals surface area (Å²) < 4.78 is 24.9. The summed E-state index contributed by atoms with van der Waals surface area (Å²) in [5.74, 6) is 0.137. The maximum atomic E-state index is 12.4. The maximum Gasteiger partial charge on any atom is 0.277 e. The first-order chi connectivity index (χ1) is 11.1. The van der Waals surface area contributed by atoms with Crippen molar-refractivity contribution in [2.24, 2.45) is 5.10 Å². The monoisotopic (exact) mass is 326 g/mol. The first kappa shape index (κ1) is 15.1. The number of phenols is 1. The molecule has 0 aliphatic rings. The number of hydrogen-bond donors (Lipinski definition) is 2. The lowest BCUT2D eigenvalue weighted by Crippen LogP contribution is -2.18. The highest BCUT2D eigenvalue weighted by molar-refractivity contribution is 7.89. The molecule has 3 aromatic rings. The van der Waals surface area contributed by atoms with Crippen LogP contribution in [0.4, 0.5) is 0 Å². The Labute approximate surface area is 134 Å². The van der Waals surface area contributed by atoms with E-state index in [-0.39, 0.29) is 10.6 Å². The van der Waals surface area contributed by atoms with Gasteiger partial charge in [0.15, 0.2) is 0 Å². The Morgan fingerprint density at radius 2 is 1.61 bits per heavy atom. The molecule has 0 saturated heterocycles. The number of rotatable bonds is 4. The summed E-state index contributed by atoms with van der Waals surface area (Å²) in [7, 11) is -3.76. The van der Waals surface area contributed by atoms with Crippen LogP contribution in [-0.4, -0.2) is 19.7 Å². The molecule has 23 heavy (non-hydrogen) atoms. The summed E-state index contributed by atoms with van der Waals surface area (Å²) in [4.78, 5) is 2.39. The minimum absolute atomic E-state index is 0.137. The lowest BCUT2D eigenvalue weighted by atomic mass is 10.1. The van der Waals surface area contributed by atoms with Gasteiger partial charge in [0.1, 0.15) is 5.75 Å². The maximum absolute atomic E-state index is 12.4. The zero-order chi connectivity index (χ0) is 16.3. The molecule has 0 aromatic heterocycles. The van der Waals surface area contributed by atoms with Crippen LogP contribution in [0.25, 0.3) is 10.8 Å². The molecule has 0 amide bonds. The Morgan fingerprint density at radius 3 is 2.39 bits per heavy atom. The molecule has 0 aliphatic carbocycles. The van der Waals surface area contributed by atoms with Gasteiger partial charge in [-0.2, -0.15) is 13.5 Å². The van der Waals surface area contributed by atoms with Crippen molar-refractivity contribution in [1.82, 2.24) is 4.83 Å². The van der Waals surface area contributed by atoms with E-state index in [1.165, 1.54) is 18.3 Å². The number of fused-ring (bicyclic) bond motifs is 1. The lowest BCUT2D eigenvalue weighted by Gasteiger charge is -2.07. The fraction of sp³-hybridized carbons (Fsp3) is 0. The molecule has 0 heterocycles. The molecule has 0 saturated carbocycles. The fourth-order valence-corrected chi connectivity index (χ4v) is 3.23. The molecule has 0 spiro atoms. The number of benzene rings is 3. The molecular weight excluding hydrogens is 312 g/mol. The normalized spacial score (nSPS) is 11.8. The molecule has 6 heteroatoms. The summed E-state index contributed by atoms with van der Waals surface area (Å²) in [5, 5.41) is 14.5. The second-order valence-electron chi connectivity index (χ2n) is 4.92. The van der Waals surface area contributed by atoms with Crippen LogP contribution in [0.2, 0.25) is 0 Å². The van der Waals surface area contributed by atoms with Crippen molar-refractivity contribution in [1.29, 1.82) is 0 Å². The van der Waals surface area contributed by atoms with E-state index in [1.54, 1.807) is 36.4 Å². The van der Waals surface area contributed by atoms with Gasteiger partial charge in [0, 0.05) is 5.39 Å². The molecule has 5 nitrogen and oxygen atoms in total. The summed E-state index contributed by atoms with van der Waals surface area (Å²) >= 11 is 0. The van der Waals surface area contributed by atoms with Gasteiger partial charge in [-0.3, -0.25) is 0 Å². The molecule has 0 bridgehead atoms. The highest BCUT2D eigenvalue weighted by Crippen LogP contribution is 2.22. The number of phenolic OH excluding ortho intramolecular Hbond substituents is 1. The van der Waals surface area contributed by atoms with Crippen molar-refractivity contribution in [3.8, 4) is 5.75 Å². The van der Waals surface area contributed by atoms with E-state index in [2.05, 4.69) is 9.93 Å². The largest absolute Gasteiger partial charge is 0.508 e. The number of aromatic hydroxyl groups is 1. The number of sulfonamides is 1. The standard InChI is InChI=1S/C17H14N2O3S/c20-15-10-8-13(9-11-15)12-18-19-23(21,22)17-7-3-5-14-4-1-2-6-16(14)17/h1-12,19-20H/b18-12-. The zero-order valence-corrected chi connectivity index (χ0v) is 12.9. The van der Waals surface area contributed by atoms with Gasteiger partial charge in [-0.25, -0.2) is 4.83 Å². The Bertz CT molecular complexity index is 959. The molecule has 0 unspecified atom stereocenters. The van der Waals surface area contributed by atoms with Crippen molar-refractivity contribution < 1.29 is 13.5 Å². The van der Waals surface area contributed by atoms with Gasteiger partial charge in [0.05, 0.1) is 11.1 Å². The van der Waals surface area contributed by atoms with Gasteiger partial charge in [-0.1, -0.05) is 36.4 Å². The van der Waals surface area contributed by atoms with Crippen LogP contribution in [0.3, 0.4) is 0 Å². The fourth-order valence-electron chi connectivity index (χ4n) is 2.21. The van der Waals surface area contributed by atoms with Crippen molar-refractivity contribution in [2.75, 3.05) is 0 Å². The van der Waals surface area contributed by atoms with E-state index in [1.807, 2.05) is 18.2 Å². The van der Waals surface area contributed by atoms with Gasteiger partial charge in [0.2, 0.25) is 0 Å². The molecule has 0 atom stereocenters. The zero-order valence-electron chi connectivity index (χ0n) is 12.0. The second kappa shape index (κ2) is 6.10. The average molecular weight is 326 g/mol. The second-order valence-corrected chi connectivity index (χ2v) is 6.55. The quantitative estimate of drug-likeness (QED) is 0.571. The molecule has 116 valence electrons. The minimum atomic E-state index is -3.76. The highest BCUT2D eigenvalue weighted by Gasteiger charge is 2.15. The lowest BCUT2D eigenvalue weighted by molar-refractivity contribution is 0.475. The number of nitrogens with one attached hydrogen (secondary N) is 1. The predicted octanol–water partition coefficient (Wildman–Crippen LogP) is 2.86. The van der Waals surface area contributed by atoms with E-state index in [0.717, 1.165) is 5.39 Å². The van der Waals surface area contributed by atoms with Gasteiger partial charge < -0.3 is 5.11 Å². The van der Waals surface area contributed by atoms with E-state index >= 15 is 0 Å². The van der Waals surface area contributed by atoms with E-state index in [0.29, 0.717) is 10.9 Å². The third kappa shape index (κ3) is 3.32. The van der Waals surface area contributed by atoms with E-state index in [9.17, 15) is 13.5 Å². The summed E-state index contributed by atoms with van der Waals surface area (Å²) in [5.41, 5.74) is 0.670. The van der Waals surface area contributed by atoms with Crippen LogP contribution in [-0.2, 0) is 10.0 Å². The Hall–Kier alpha value is -2.86. The first-order valence-corrected chi connectivity index (χ1v) is 8.36. The molecule has 0 fully saturated rings. The summed E-state index contributed by atoms with van der Waals surface area (Å²) in [6.07, 6.45) is 1.38. The first-order valence-electron chi connectivity index (χ1n) is 6.88. The van der Waals surface area contributed by atoms with Crippen LogP contribution in [0.15, 0.2) is 76.7 Å². The van der Waals surface area contributed by atoms with E-state index < -0.39 is 10.0 Å². The van der Waals surface area contributed by atoms with E-state index in [4.69, 9.17) is 0 Å². The van der Waals surface area contributed by atoms with Crippen molar-refractivity contribution in [2.45, 2.75) is 4.90 Å². The molecular formula is C17H14N2O3S. The molecule has 3 aromatic carbocycles. The predicted molar refractivity (Wildman–Crippen MR) is 90.0 cm³/mol. The number of hydrogen-bond acceptors (Lipinski definition) is 4. The van der Waals surface area contributed by atoms with Crippen LogP contribution in [0, 0.1) is 0 Å². The van der Waals surface area contributed by atoms with Crippen LogP contribution >= 0.6 is 0 Å². The Morgan fingerprint density at radius 1 is 0.913 bits per heavy atom.